The van der Waals surface area contributed by atoms with E-state index in [0.717, 1.165) is 25.0 Å². The molecule has 0 radical (unpaired) electrons. The Labute approximate surface area is 126 Å². The molecule has 0 amide bonds. The van der Waals surface area contributed by atoms with E-state index in [4.69, 9.17) is 40.5 Å². The summed E-state index contributed by atoms with van der Waals surface area (Å²) < 4.78 is 1.57. The molecular formula is C12H13Cl3N4. The van der Waals surface area contributed by atoms with Crippen molar-refractivity contribution < 1.29 is 0 Å². The van der Waals surface area contributed by atoms with Crippen LogP contribution in [0, 0.1) is 0 Å². The molecule has 0 aliphatic carbocycles. The molecule has 0 atom stereocenters. The van der Waals surface area contributed by atoms with Crippen molar-refractivity contribution in [3.05, 3.63) is 39.1 Å². The maximum absolute atomic E-state index is 6.13. The molecule has 1 aromatic carbocycles. The number of nitrogens with zero attached hydrogens (tertiary/aromatic N) is 3. The minimum absolute atomic E-state index is 0.441. The van der Waals surface area contributed by atoms with E-state index < -0.39 is 0 Å². The van der Waals surface area contributed by atoms with Gasteiger partial charge in [-0.3, -0.25) is 0 Å². The zero-order valence-electron chi connectivity index (χ0n) is 10.1. The first-order valence-corrected chi connectivity index (χ1v) is 7.01. The fourth-order valence-electron chi connectivity index (χ4n) is 1.73. The van der Waals surface area contributed by atoms with Crippen molar-refractivity contribution in [1.82, 2.24) is 15.0 Å². The van der Waals surface area contributed by atoms with Gasteiger partial charge in [0, 0.05) is 5.02 Å². The Kier molecular flexibility index (Phi) is 5.05. The van der Waals surface area contributed by atoms with E-state index in [-0.39, 0.29) is 0 Å². The third-order valence-electron chi connectivity index (χ3n) is 2.64. The quantitative estimate of drug-likeness (QED) is 0.858. The highest BCUT2D eigenvalue weighted by atomic mass is 35.5. The normalized spacial score (nSPS) is 10.9. The van der Waals surface area contributed by atoms with E-state index in [1.807, 2.05) is 6.20 Å². The third kappa shape index (κ3) is 3.60. The molecule has 2 rings (SSSR count). The zero-order valence-corrected chi connectivity index (χ0v) is 12.4. The van der Waals surface area contributed by atoms with Crippen LogP contribution in [-0.2, 0) is 6.42 Å². The molecule has 0 saturated carbocycles. The van der Waals surface area contributed by atoms with Crippen LogP contribution in [0.1, 0.15) is 18.5 Å². The highest BCUT2D eigenvalue weighted by molar-refractivity contribution is 6.40. The number of rotatable bonds is 5. The van der Waals surface area contributed by atoms with Crippen molar-refractivity contribution in [2.45, 2.75) is 19.3 Å². The highest BCUT2D eigenvalue weighted by Gasteiger charge is 2.12. The Morgan fingerprint density at radius 1 is 1.11 bits per heavy atom. The SMILES string of the molecule is NCCCCc1cn(-c2c(Cl)cc(Cl)cc2Cl)nn1. The summed E-state index contributed by atoms with van der Waals surface area (Å²) in [7, 11) is 0. The molecule has 0 aliphatic heterocycles. The van der Waals surface area contributed by atoms with Crippen LogP contribution in [0.15, 0.2) is 18.3 Å². The van der Waals surface area contributed by atoms with Crippen LogP contribution >= 0.6 is 34.8 Å². The van der Waals surface area contributed by atoms with Crippen LogP contribution in [0.5, 0.6) is 0 Å². The Morgan fingerprint density at radius 2 is 1.79 bits per heavy atom. The van der Waals surface area contributed by atoms with Gasteiger partial charge in [0.1, 0.15) is 5.69 Å². The molecule has 0 saturated heterocycles. The van der Waals surface area contributed by atoms with Crippen LogP contribution in [0.25, 0.3) is 5.69 Å². The van der Waals surface area contributed by atoms with Crippen molar-refractivity contribution in [2.75, 3.05) is 6.54 Å². The van der Waals surface area contributed by atoms with Crippen molar-refractivity contribution >= 4 is 34.8 Å². The Hall–Kier alpha value is -0.810. The van der Waals surface area contributed by atoms with Crippen molar-refractivity contribution in [3.8, 4) is 5.69 Å². The molecule has 1 aromatic heterocycles. The molecule has 0 spiro atoms. The molecular weight excluding hydrogens is 307 g/mol. The van der Waals surface area contributed by atoms with Crippen molar-refractivity contribution in [1.29, 1.82) is 0 Å². The second-order valence-corrected chi connectivity index (χ2v) is 5.37. The Bertz CT molecular complexity index is 545. The first kappa shape index (κ1) is 14.6. The number of hydrogen-bond donors (Lipinski definition) is 1. The fourth-order valence-corrected chi connectivity index (χ4v) is 2.72. The molecule has 7 heteroatoms. The summed E-state index contributed by atoms with van der Waals surface area (Å²) in [5, 5.41) is 9.50. The van der Waals surface area contributed by atoms with E-state index in [0.29, 0.717) is 27.3 Å². The minimum Gasteiger partial charge on any atom is -0.330 e. The Balaban J connectivity index is 2.23. The second-order valence-electron chi connectivity index (χ2n) is 4.12. The molecule has 2 aromatic rings. The lowest BCUT2D eigenvalue weighted by atomic mass is 10.2. The largest absolute Gasteiger partial charge is 0.330 e. The van der Waals surface area contributed by atoms with E-state index in [9.17, 15) is 0 Å². The fraction of sp³-hybridized carbons (Fsp3) is 0.333. The number of benzene rings is 1. The summed E-state index contributed by atoms with van der Waals surface area (Å²) in [5.41, 5.74) is 6.93. The number of aromatic nitrogens is 3. The average molecular weight is 320 g/mol. The van der Waals surface area contributed by atoms with Gasteiger partial charge in [0.05, 0.1) is 21.9 Å². The standard InChI is InChI=1S/C12H13Cl3N4/c13-8-5-10(14)12(11(15)6-8)19-7-9(17-18-19)3-1-2-4-16/h5-7H,1-4,16H2. The van der Waals surface area contributed by atoms with Crippen molar-refractivity contribution in [3.63, 3.8) is 0 Å². The average Bonchev–Trinajstić information content (AvgIpc) is 2.76. The van der Waals surface area contributed by atoms with Crippen LogP contribution in [0.3, 0.4) is 0 Å². The van der Waals surface area contributed by atoms with Gasteiger partial charge < -0.3 is 5.73 Å². The molecule has 0 unspecified atom stereocenters. The van der Waals surface area contributed by atoms with Gasteiger partial charge >= 0.3 is 0 Å². The maximum Gasteiger partial charge on any atom is 0.104 e. The van der Waals surface area contributed by atoms with Crippen LogP contribution < -0.4 is 5.73 Å². The van der Waals surface area contributed by atoms with Gasteiger partial charge in [0.2, 0.25) is 0 Å². The predicted molar refractivity (Wildman–Crippen MR) is 78.4 cm³/mol. The lowest BCUT2D eigenvalue weighted by Gasteiger charge is -2.06. The highest BCUT2D eigenvalue weighted by Crippen LogP contribution is 2.31. The first-order valence-electron chi connectivity index (χ1n) is 5.88. The van der Waals surface area contributed by atoms with Gasteiger partial charge in [0.25, 0.3) is 0 Å². The number of unbranched alkanes of at least 4 members (excludes halogenated alkanes) is 1. The van der Waals surface area contributed by atoms with Gasteiger partial charge in [-0.2, -0.15) is 0 Å². The summed E-state index contributed by atoms with van der Waals surface area (Å²) in [6, 6.07) is 3.25. The molecule has 2 N–H and O–H groups in total. The summed E-state index contributed by atoms with van der Waals surface area (Å²) >= 11 is 18.1. The molecule has 102 valence electrons. The van der Waals surface area contributed by atoms with Crippen LogP contribution in [0.2, 0.25) is 15.1 Å². The number of hydrogen-bond acceptors (Lipinski definition) is 3. The lowest BCUT2D eigenvalue weighted by molar-refractivity contribution is 0.727. The number of halogens is 3. The third-order valence-corrected chi connectivity index (χ3v) is 3.43. The number of nitrogens with two attached hydrogens (primary N) is 1. The minimum atomic E-state index is 0.441. The van der Waals surface area contributed by atoms with E-state index >= 15 is 0 Å². The smallest absolute Gasteiger partial charge is 0.104 e. The Morgan fingerprint density at radius 3 is 2.42 bits per heavy atom. The van der Waals surface area contributed by atoms with E-state index in [1.54, 1.807) is 16.8 Å². The van der Waals surface area contributed by atoms with Crippen molar-refractivity contribution in [2.24, 2.45) is 5.73 Å². The molecule has 19 heavy (non-hydrogen) atoms. The van der Waals surface area contributed by atoms with Gasteiger partial charge in [-0.1, -0.05) is 40.0 Å². The predicted octanol–water partition coefficient (Wildman–Crippen LogP) is 3.51. The summed E-state index contributed by atoms with van der Waals surface area (Å²) in [5.74, 6) is 0. The summed E-state index contributed by atoms with van der Waals surface area (Å²) in [6.45, 7) is 0.684. The second kappa shape index (κ2) is 6.57. The van der Waals surface area contributed by atoms with Gasteiger partial charge in [-0.15, -0.1) is 5.10 Å². The first-order chi connectivity index (χ1) is 9.11. The number of aryl methyl sites for hydroxylation is 1. The molecule has 0 aliphatic rings. The van der Waals surface area contributed by atoms with E-state index in [1.165, 1.54) is 0 Å². The molecule has 1 heterocycles. The monoisotopic (exact) mass is 318 g/mol. The van der Waals surface area contributed by atoms with Crippen LogP contribution in [0.4, 0.5) is 0 Å². The van der Waals surface area contributed by atoms with Gasteiger partial charge in [-0.05, 0) is 37.9 Å². The maximum atomic E-state index is 6.13. The van der Waals surface area contributed by atoms with E-state index in [2.05, 4.69) is 10.3 Å². The van der Waals surface area contributed by atoms with Gasteiger partial charge in [0.15, 0.2) is 0 Å². The molecule has 0 fully saturated rings. The summed E-state index contributed by atoms with van der Waals surface area (Å²) in [4.78, 5) is 0. The topological polar surface area (TPSA) is 56.7 Å². The van der Waals surface area contributed by atoms with Gasteiger partial charge in [-0.25, -0.2) is 4.68 Å². The lowest BCUT2D eigenvalue weighted by Crippen LogP contribution is -1.99. The van der Waals surface area contributed by atoms with Crippen LogP contribution in [-0.4, -0.2) is 21.5 Å². The zero-order chi connectivity index (χ0) is 13.8. The molecule has 0 bridgehead atoms. The summed E-state index contributed by atoms with van der Waals surface area (Å²) in [6.07, 6.45) is 4.60. The molecule has 4 nitrogen and oxygen atoms in total.